The number of rotatable bonds is 1. The van der Waals surface area contributed by atoms with Crippen LogP contribution in [-0.4, -0.2) is 35.4 Å². The number of carbonyl (C=O) groups is 2. The zero-order valence-corrected chi connectivity index (χ0v) is 8.72. The van der Waals surface area contributed by atoms with E-state index in [1.807, 2.05) is 0 Å². The summed E-state index contributed by atoms with van der Waals surface area (Å²) in [6.07, 6.45) is 7.04. The number of hydrogen-bond acceptors (Lipinski definition) is 3. The lowest BCUT2D eigenvalue weighted by Crippen LogP contribution is -2.17. The number of ether oxygens (including phenoxy) is 1. The molecule has 1 atom stereocenters. The molecule has 0 amide bonds. The van der Waals surface area contributed by atoms with Gasteiger partial charge < -0.3 is 14.9 Å². The Kier molecular flexibility index (Phi) is 8.76. The molecule has 1 saturated heterocycles. The number of hydrogen-bond donors (Lipinski definition) is 2. The van der Waals surface area contributed by atoms with Gasteiger partial charge in [0.15, 0.2) is 6.10 Å². The van der Waals surface area contributed by atoms with Crippen LogP contribution in [-0.2, 0) is 14.3 Å². The van der Waals surface area contributed by atoms with Crippen molar-refractivity contribution in [3.05, 3.63) is 0 Å². The molecule has 0 aromatic rings. The van der Waals surface area contributed by atoms with Crippen LogP contribution in [0.4, 0.5) is 0 Å². The van der Waals surface area contributed by atoms with E-state index in [0.29, 0.717) is 13.0 Å². The molecule has 0 aromatic heterocycles. The standard InChI is InChI=1S/C5H8O3.C4H8.CH2O2/c6-5(7)4-2-1-3-8-4;1-2-4-3-1;2-1-3/h4H,1-3H2,(H,6,7);1-4H2;1H,(H,2,3). The van der Waals surface area contributed by atoms with Crippen molar-refractivity contribution in [2.24, 2.45) is 0 Å². The van der Waals surface area contributed by atoms with Crippen molar-refractivity contribution in [2.45, 2.75) is 44.6 Å². The lowest BCUT2D eigenvalue weighted by molar-refractivity contribution is -0.147. The van der Waals surface area contributed by atoms with Crippen LogP contribution in [0.5, 0.6) is 0 Å². The normalized spacial score (nSPS) is 22.3. The van der Waals surface area contributed by atoms with Gasteiger partial charge in [-0.05, 0) is 12.8 Å². The molecule has 2 rings (SSSR count). The molecule has 2 fully saturated rings. The Balaban J connectivity index is 0.000000234. The van der Waals surface area contributed by atoms with Crippen LogP contribution in [0, 0.1) is 0 Å². The van der Waals surface area contributed by atoms with Gasteiger partial charge in [-0.3, -0.25) is 4.79 Å². The third-order valence-electron chi connectivity index (χ3n) is 2.21. The average Bonchev–Trinajstić information content (AvgIpc) is 2.52. The third-order valence-corrected chi connectivity index (χ3v) is 2.21. The molecular weight excluding hydrogens is 200 g/mol. The second kappa shape index (κ2) is 9.45. The first-order valence-corrected chi connectivity index (χ1v) is 5.14. The Hall–Kier alpha value is -1.10. The van der Waals surface area contributed by atoms with E-state index in [9.17, 15) is 4.79 Å². The van der Waals surface area contributed by atoms with E-state index in [4.69, 9.17) is 19.7 Å². The van der Waals surface area contributed by atoms with Crippen molar-refractivity contribution in [3.63, 3.8) is 0 Å². The Morgan fingerprint density at radius 2 is 1.67 bits per heavy atom. The molecule has 0 aromatic carbocycles. The van der Waals surface area contributed by atoms with Gasteiger partial charge in [0.05, 0.1) is 0 Å². The van der Waals surface area contributed by atoms with E-state index < -0.39 is 12.1 Å². The van der Waals surface area contributed by atoms with Crippen LogP contribution in [0.15, 0.2) is 0 Å². The minimum atomic E-state index is -0.831. The average molecular weight is 218 g/mol. The van der Waals surface area contributed by atoms with Gasteiger partial charge in [-0.2, -0.15) is 0 Å². The molecule has 2 aliphatic rings. The quantitative estimate of drug-likeness (QED) is 0.652. The Morgan fingerprint density at radius 1 is 1.20 bits per heavy atom. The van der Waals surface area contributed by atoms with Gasteiger partial charge in [0.1, 0.15) is 0 Å². The van der Waals surface area contributed by atoms with E-state index in [2.05, 4.69) is 0 Å². The van der Waals surface area contributed by atoms with Crippen molar-refractivity contribution < 1.29 is 24.5 Å². The molecule has 1 saturated carbocycles. The SMILES string of the molecule is C1CCC1.O=C(O)C1CCCO1.O=CO. The predicted octanol–water partition coefficient (Wildman–Crippen LogP) is 1.51. The third kappa shape index (κ3) is 7.93. The van der Waals surface area contributed by atoms with Gasteiger partial charge in [0, 0.05) is 6.61 Å². The van der Waals surface area contributed by atoms with Gasteiger partial charge in [0.25, 0.3) is 6.47 Å². The maximum absolute atomic E-state index is 10.1. The summed E-state index contributed by atoms with van der Waals surface area (Å²) in [6.45, 7) is 0.358. The molecule has 5 nitrogen and oxygen atoms in total. The van der Waals surface area contributed by atoms with Crippen LogP contribution < -0.4 is 0 Å². The fourth-order valence-electron chi connectivity index (χ4n) is 1.02. The topological polar surface area (TPSA) is 83.8 Å². The van der Waals surface area contributed by atoms with E-state index >= 15 is 0 Å². The number of carboxylic acids is 1. The molecule has 88 valence electrons. The first kappa shape index (κ1) is 13.9. The highest BCUT2D eigenvalue weighted by atomic mass is 16.5. The maximum atomic E-state index is 10.1. The van der Waals surface area contributed by atoms with E-state index in [0.717, 1.165) is 6.42 Å². The molecular formula is C10H18O5. The molecule has 1 aliphatic carbocycles. The van der Waals surface area contributed by atoms with Crippen LogP contribution in [0.3, 0.4) is 0 Å². The second-order valence-corrected chi connectivity index (χ2v) is 3.36. The fraction of sp³-hybridized carbons (Fsp3) is 0.800. The molecule has 0 spiro atoms. The minimum absolute atomic E-state index is 0.250. The fourth-order valence-corrected chi connectivity index (χ4v) is 1.02. The maximum Gasteiger partial charge on any atom is 0.332 e. The molecule has 15 heavy (non-hydrogen) atoms. The van der Waals surface area contributed by atoms with E-state index in [-0.39, 0.29) is 6.47 Å². The van der Waals surface area contributed by atoms with Gasteiger partial charge in [-0.15, -0.1) is 0 Å². The summed E-state index contributed by atoms with van der Waals surface area (Å²) in [7, 11) is 0. The summed E-state index contributed by atoms with van der Waals surface area (Å²) in [6, 6.07) is 0. The van der Waals surface area contributed by atoms with Crippen molar-refractivity contribution in [2.75, 3.05) is 6.61 Å². The minimum Gasteiger partial charge on any atom is -0.483 e. The lowest BCUT2D eigenvalue weighted by Gasteiger charge is -2.05. The highest BCUT2D eigenvalue weighted by Gasteiger charge is 2.21. The summed E-state index contributed by atoms with van der Waals surface area (Å²) >= 11 is 0. The summed E-state index contributed by atoms with van der Waals surface area (Å²) in [5, 5.41) is 15.2. The van der Waals surface area contributed by atoms with Crippen molar-refractivity contribution in [1.82, 2.24) is 0 Å². The smallest absolute Gasteiger partial charge is 0.332 e. The van der Waals surface area contributed by atoms with Gasteiger partial charge in [-0.25, -0.2) is 4.79 Å². The summed E-state index contributed by atoms with van der Waals surface area (Å²) < 4.78 is 4.81. The highest BCUT2D eigenvalue weighted by Crippen LogP contribution is 2.15. The van der Waals surface area contributed by atoms with Crippen molar-refractivity contribution in [1.29, 1.82) is 0 Å². The molecule has 0 bridgehead atoms. The van der Waals surface area contributed by atoms with Gasteiger partial charge >= 0.3 is 5.97 Å². The van der Waals surface area contributed by atoms with Crippen LogP contribution in [0.1, 0.15) is 38.5 Å². The largest absolute Gasteiger partial charge is 0.483 e. The van der Waals surface area contributed by atoms with Crippen LogP contribution in [0.25, 0.3) is 0 Å². The Morgan fingerprint density at radius 3 is 1.80 bits per heavy atom. The zero-order valence-electron chi connectivity index (χ0n) is 8.72. The Bertz CT molecular complexity index is 167. The van der Waals surface area contributed by atoms with Crippen LogP contribution >= 0.6 is 0 Å². The molecule has 1 unspecified atom stereocenters. The Labute approximate surface area is 89.0 Å². The molecule has 5 heteroatoms. The first-order chi connectivity index (χ1) is 7.22. The highest BCUT2D eigenvalue weighted by molar-refractivity contribution is 5.72. The van der Waals surface area contributed by atoms with Gasteiger partial charge in [-0.1, -0.05) is 25.7 Å². The predicted molar refractivity (Wildman–Crippen MR) is 53.8 cm³/mol. The second-order valence-electron chi connectivity index (χ2n) is 3.36. The molecule has 0 radical (unpaired) electrons. The molecule has 1 aliphatic heterocycles. The van der Waals surface area contributed by atoms with E-state index in [1.165, 1.54) is 25.7 Å². The van der Waals surface area contributed by atoms with Gasteiger partial charge in [0.2, 0.25) is 0 Å². The van der Waals surface area contributed by atoms with Crippen LogP contribution in [0.2, 0.25) is 0 Å². The van der Waals surface area contributed by atoms with Crippen molar-refractivity contribution >= 4 is 12.4 Å². The zero-order chi connectivity index (χ0) is 11.5. The van der Waals surface area contributed by atoms with Crippen molar-refractivity contribution in [3.8, 4) is 0 Å². The first-order valence-electron chi connectivity index (χ1n) is 5.14. The lowest BCUT2D eigenvalue weighted by atomic mass is 10.0. The molecule has 2 N–H and O–H groups in total. The number of aliphatic carboxylic acids is 1. The summed E-state index contributed by atoms with van der Waals surface area (Å²) in [5.74, 6) is -0.831. The molecule has 1 heterocycles. The summed E-state index contributed by atoms with van der Waals surface area (Å²) in [4.78, 5) is 18.4. The monoisotopic (exact) mass is 218 g/mol. The number of carboxylic acid groups (broad SMARTS) is 2. The van der Waals surface area contributed by atoms with E-state index in [1.54, 1.807) is 0 Å². The summed E-state index contributed by atoms with van der Waals surface area (Å²) in [5.41, 5.74) is 0.